The lowest BCUT2D eigenvalue weighted by atomic mass is 10.0. The molecule has 0 aromatic carbocycles. The maximum absolute atomic E-state index is 11.8. The van der Waals surface area contributed by atoms with E-state index in [0.29, 0.717) is 0 Å². The third-order valence-electron chi connectivity index (χ3n) is 3.24. The highest BCUT2D eigenvalue weighted by Crippen LogP contribution is 2.30. The van der Waals surface area contributed by atoms with Crippen LogP contribution in [0.5, 0.6) is 0 Å². The molecule has 2 rings (SSSR count). The highest BCUT2D eigenvalue weighted by molar-refractivity contribution is 7.15. The van der Waals surface area contributed by atoms with Gasteiger partial charge in [-0.15, -0.1) is 11.3 Å². The Morgan fingerprint density at radius 2 is 2.24 bits per heavy atom. The van der Waals surface area contributed by atoms with Crippen molar-refractivity contribution in [2.75, 3.05) is 18.6 Å². The molecule has 0 bridgehead atoms. The standard InChI is InChI=1S/C12H18N2O2S/c1-8-9(2)17-12(13-8)14-7-5-4-6-10(14)11(15)16-3/h10H,4-7H2,1-3H3. The number of nitrogens with zero attached hydrogens (tertiary/aromatic N) is 2. The van der Waals surface area contributed by atoms with Crippen molar-refractivity contribution in [3.05, 3.63) is 10.6 Å². The first-order valence-corrected chi connectivity index (χ1v) is 6.73. The second-order valence-corrected chi connectivity index (χ2v) is 5.55. The molecule has 1 fully saturated rings. The van der Waals surface area contributed by atoms with Crippen molar-refractivity contribution in [2.24, 2.45) is 0 Å². The van der Waals surface area contributed by atoms with E-state index in [1.807, 2.05) is 6.92 Å². The van der Waals surface area contributed by atoms with Gasteiger partial charge in [0, 0.05) is 11.4 Å². The molecule has 0 radical (unpaired) electrons. The highest BCUT2D eigenvalue weighted by Gasteiger charge is 2.31. The molecule has 0 saturated carbocycles. The predicted octanol–water partition coefficient (Wildman–Crippen LogP) is 2.29. The Bertz CT molecular complexity index is 397. The first-order chi connectivity index (χ1) is 8.13. The number of carbonyl (C=O) groups excluding carboxylic acids is 1. The Balaban J connectivity index is 2.24. The molecular weight excluding hydrogens is 236 g/mol. The van der Waals surface area contributed by atoms with Crippen LogP contribution in [-0.2, 0) is 9.53 Å². The molecule has 1 atom stereocenters. The predicted molar refractivity (Wildman–Crippen MR) is 68.6 cm³/mol. The van der Waals surface area contributed by atoms with Crippen molar-refractivity contribution in [3.8, 4) is 0 Å². The van der Waals surface area contributed by atoms with Gasteiger partial charge < -0.3 is 9.64 Å². The summed E-state index contributed by atoms with van der Waals surface area (Å²) in [5, 5.41) is 0.954. The van der Waals surface area contributed by atoms with Crippen LogP contribution in [0.15, 0.2) is 0 Å². The van der Waals surface area contributed by atoms with Crippen LogP contribution >= 0.6 is 11.3 Å². The van der Waals surface area contributed by atoms with Crippen LogP contribution in [0.25, 0.3) is 0 Å². The zero-order valence-electron chi connectivity index (χ0n) is 10.5. The zero-order valence-corrected chi connectivity index (χ0v) is 11.3. The van der Waals surface area contributed by atoms with E-state index < -0.39 is 0 Å². The topological polar surface area (TPSA) is 42.4 Å². The molecule has 1 aromatic heterocycles. The molecule has 1 unspecified atom stereocenters. The molecule has 0 aliphatic carbocycles. The molecular formula is C12H18N2O2S. The first-order valence-electron chi connectivity index (χ1n) is 5.92. The molecule has 1 aliphatic heterocycles. The van der Waals surface area contributed by atoms with E-state index in [0.717, 1.165) is 36.6 Å². The molecule has 1 aromatic rings. The van der Waals surface area contributed by atoms with Gasteiger partial charge in [-0.05, 0) is 33.1 Å². The molecule has 5 heteroatoms. The summed E-state index contributed by atoms with van der Waals surface area (Å²) in [6.45, 7) is 4.96. The summed E-state index contributed by atoms with van der Waals surface area (Å²) in [6.07, 6.45) is 3.06. The molecule has 1 aliphatic rings. The van der Waals surface area contributed by atoms with Crippen LogP contribution in [0.2, 0.25) is 0 Å². The van der Waals surface area contributed by atoms with Gasteiger partial charge in [-0.3, -0.25) is 0 Å². The number of aryl methyl sites for hydroxylation is 2. The molecule has 17 heavy (non-hydrogen) atoms. The Hall–Kier alpha value is -1.10. The number of esters is 1. The number of hydrogen-bond acceptors (Lipinski definition) is 5. The summed E-state index contributed by atoms with van der Waals surface area (Å²) in [5.41, 5.74) is 1.05. The normalized spacial score (nSPS) is 20.4. The number of rotatable bonds is 2. The van der Waals surface area contributed by atoms with E-state index in [1.165, 1.54) is 12.0 Å². The smallest absolute Gasteiger partial charge is 0.328 e. The maximum Gasteiger partial charge on any atom is 0.328 e. The van der Waals surface area contributed by atoms with Gasteiger partial charge in [-0.2, -0.15) is 0 Å². The van der Waals surface area contributed by atoms with E-state index in [1.54, 1.807) is 11.3 Å². The lowest BCUT2D eigenvalue weighted by molar-refractivity contribution is -0.142. The molecule has 1 saturated heterocycles. The van der Waals surface area contributed by atoms with E-state index in [4.69, 9.17) is 4.74 Å². The Labute approximate surface area is 106 Å². The first kappa shape index (κ1) is 12.4. The van der Waals surface area contributed by atoms with Crippen LogP contribution in [0.1, 0.15) is 29.8 Å². The Morgan fingerprint density at radius 1 is 1.47 bits per heavy atom. The summed E-state index contributed by atoms with van der Waals surface area (Å²) >= 11 is 1.66. The van der Waals surface area contributed by atoms with Crippen molar-refractivity contribution in [3.63, 3.8) is 0 Å². The van der Waals surface area contributed by atoms with Gasteiger partial charge in [-0.25, -0.2) is 9.78 Å². The molecule has 94 valence electrons. The SMILES string of the molecule is COC(=O)C1CCCCN1c1nc(C)c(C)s1. The number of hydrogen-bond donors (Lipinski definition) is 0. The van der Waals surface area contributed by atoms with Crippen molar-refractivity contribution in [1.82, 2.24) is 4.98 Å². The van der Waals surface area contributed by atoms with Gasteiger partial charge in [0.1, 0.15) is 6.04 Å². The Morgan fingerprint density at radius 3 is 2.82 bits per heavy atom. The van der Waals surface area contributed by atoms with Gasteiger partial charge in [0.2, 0.25) is 0 Å². The molecule has 0 spiro atoms. The quantitative estimate of drug-likeness (QED) is 0.759. The number of thiazole rings is 1. The molecule has 0 N–H and O–H groups in total. The van der Waals surface area contributed by atoms with Crippen LogP contribution in [-0.4, -0.2) is 30.6 Å². The number of anilines is 1. The minimum absolute atomic E-state index is 0.143. The van der Waals surface area contributed by atoms with E-state index in [9.17, 15) is 4.79 Å². The van der Waals surface area contributed by atoms with E-state index >= 15 is 0 Å². The number of piperidine rings is 1. The lowest BCUT2D eigenvalue weighted by Crippen LogP contribution is -2.45. The summed E-state index contributed by atoms with van der Waals surface area (Å²) in [6, 6.07) is -0.154. The average molecular weight is 254 g/mol. The summed E-state index contributed by atoms with van der Waals surface area (Å²) < 4.78 is 4.87. The van der Waals surface area contributed by atoms with Gasteiger partial charge in [0.15, 0.2) is 5.13 Å². The van der Waals surface area contributed by atoms with Gasteiger partial charge in [0.05, 0.1) is 12.8 Å². The lowest BCUT2D eigenvalue weighted by Gasteiger charge is -2.33. The van der Waals surface area contributed by atoms with Crippen molar-refractivity contribution < 1.29 is 9.53 Å². The number of carbonyl (C=O) groups is 1. The summed E-state index contributed by atoms with van der Waals surface area (Å²) in [5.74, 6) is -0.143. The number of methoxy groups -OCH3 is 1. The monoisotopic (exact) mass is 254 g/mol. The minimum atomic E-state index is -0.154. The largest absolute Gasteiger partial charge is 0.467 e. The fraction of sp³-hybridized carbons (Fsp3) is 0.667. The van der Waals surface area contributed by atoms with Crippen molar-refractivity contribution in [2.45, 2.75) is 39.2 Å². The van der Waals surface area contributed by atoms with Crippen LogP contribution in [0.3, 0.4) is 0 Å². The summed E-state index contributed by atoms with van der Waals surface area (Å²) in [4.78, 5) is 19.6. The van der Waals surface area contributed by atoms with Crippen LogP contribution in [0.4, 0.5) is 5.13 Å². The Kier molecular flexibility index (Phi) is 3.66. The van der Waals surface area contributed by atoms with Crippen molar-refractivity contribution in [1.29, 1.82) is 0 Å². The number of ether oxygens (including phenoxy) is 1. The summed E-state index contributed by atoms with van der Waals surface area (Å²) in [7, 11) is 1.45. The zero-order chi connectivity index (χ0) is 12.4. The highest BCUT2D eigenvalue weighted by atomic mass is 32.1. The van der Waals surface area contributed by atoms with Gasteiger partial charge in [-0.1, -0.05) is 0 Å². The minimum Gasteiger partial charge on any atom is -0.467 e. The third-order valence-corrected chi connectivity index (χ3v) is 4.35. The fourth-order valence-corrected chi connectivity index (χ4v) is 3.11. The van der Waals surface area contributed by atoms with Crippen LogP contribution in [0, 0.1) is 13.8 Å². The molecule has 2 heterocycles. The van der Waals surface area contributed by atoms with E-state index in [2.05, 4.69) is 16.8 Å². The van der Waals surface area contributed by atoms with Crippen LogP contribution < -0.4 is 4.90 Å². The van der Waals surface area contributed by atoms with E-state index in [-0.39, 0.29) is 12.0 Å². The molecule has 0 amide bonds. The van der Waals surface area contributed by atoms with Gasteiger partial charge >= 0.3 is 5.97 Å². The van der Waals surface area contributed by atoms with Crippen molar-refractivity contribution >= 4 is 22.4 Å². The fourth-order valence-electron chi connectivity index (χ4n) is 2.12. The maximum atomic E-state index is 11.8. The molecule has 4 nitrogen and oxygen atoms in total. The third kappa shape index (κ3) is 2.44. The van der Waals surface area contributed by atoms with Gasteiger partial charge in [0.25, 0.3) is 0 Å². The average Bonchev–Trinajstić information content (AvgIpc) is 2.68. The second kappa shape index (κ2) is 5.04. The second-order valence-electron chi connectivity index (χ2n) is 4.37. The number of aromatic nitrogens is 1.